The summed E-state index contributed by atoms with van der Waals surface area (Å²) in [5, 5.41) is 5.97. The third-order valence-corrected chi connectivity index (χ3v) is 4.36. The molecule has 2 aromatic rings. The zero-order valence-corrected chi connectivity index (χ0v) is 12.8. The zero-order chi connectivity index (χ0) is 14.7. The summed E-state index contributed by atoms with van der Waals surface area (Å²) in [6, 6.07) is 7.83. The number of thiazole rings is 1. The van der Waals surface area contributed by atoms with Crippen molar-refractivity contribution in [1.29, 1.82) is 0 Å². The van der Waals surface area contributed by atoms with Crippen LogP contribution in [0, 0.1) is 6.92 Å². The summed E-state index contributed by atoms with van der Waals surface area (Å²) in [5.41, 5.74) is 1.99. The lowest BCUT2D eigenvalue weighted by Gasteiger charge is -2.34. The van der Waals surface area contributed by atoms with E-state index in [1.54, 1.807) is 11.3 Å². The Labute approximate surface area is 128 Å². The van der Waals surface area contributed by atoms with Crippen LogP contribution in [0.15, 0.2) is 35.8 Å². The van der Waals surface area contributed by atoms with Crippen LogP contribution in [0.1, 0.15) is 5.56 Å². The van der Waals surface area contributed by atoms with Crippen molar-refractivity contribution in [3.63, 3.8) is 0 Å². The minimum Gasteiger partial charge on any atom is -0.345 e. The predicted octanol–water partition coefficient (Wildman–Crippen LogP) is 2.81. The van der Waals surface area contributed by atoms with Crippen LogP contribution in [0.25, 0.3) is 0 Å². The first kappa shape index (κ1) is 13.9. The van der Waals surface area contributed by atoms with E-state index in [4.69, 9.17) is 0 Å². The minimum absolute atomic E-state index is 0.0283. The average molecular weight is 302 g/mol. The van der Waals surface area contributed by atoms with Gasteiger partial charge < -0.3 is 15.1 Å². The van der Waals surface area contributed by atoms with E-state index in [-0.39, 0.29) is 6.03 Å². The number of amides is 2. The molecule has 1 N–H and O–H groups in total. The predicted molar refractivity (Wildman–Crippen MR) is 86.1 cm³/mol. The summed E-state index contributed by atoms with van der Waals surface area (Å²) in [6.07, 6.45) is 1.82. The summed E-state index contributed by atoms with van der Waals surface area (Å²) < 4.78 is 0. The maximum Gasteiger partial charge on any atom is 0.321 e. The quantitative estimate of drug-likeness (QED) is 0.928. The molecule has 1 aromatic heterocycles. The van der Waals surface area contributed by atoms with Crippen molar-refractivity contribution >= 4 is 28.2 Å². The fraction of sp³-hybridized carbons (Fsp3) is 0.333. The SMILES string of the molecule is Cc1cccc(NC(=O)N2CCN(c3nccs3)CC2)c1. The number of aromatic nitrogens is 1. The molecule has 1 aliphatic heterocycles. The number of rotatable bonds is 2. The fourth-order valence-electron chi connectivity index (χ4n) is 2.40. The molecule has 6 heteroatoms. The van der Waals surface area contributed by atoms with Crippen molar-refractivity contribution in [2.75, 3.05) is 36.4 Å². The molecule has 0 radical (unpaired) electrons. The molecule has 0 atom stereocenters. The van der Waals surface area contributed by atoms with E-state index in [9.17, 15) is 4.79 Å². The summed E-state index contributed by atoms with van der Waals surface area (Å²) in [5.74, 6) is 0. The molecule has 1 aromatic carbocycles. The molecule has 0 aliphatic carbocycles. The van der Waals surface area contributed by atoms with Crippen LogP contribution in [-0.4, -0.2) is 42.1 Å². The first-order chi connectivity index (χ1) is 10.2. The molecular weight excluding hydrogens is 284 g/mol. The fourth-order valence-corrected chi connectivity index (χ4v) is 3.10. The van der Waals surface area contributed by atoms with Gasteiger partial charge in [-0.1, -0.05) is 12.1 Å². The molecule has 110 valence electrons. The van der Waals surface area contributed by atoms with Crippen molar-refractivity contribution in [2.45, 2.75) is 6.92 Å². The summed E-state index contributed by atoms with van der Waals surface area (Å²) in [4.78, 5) is 20.6. The molecule has 1 fully saturated rings. The average Bonchev–Trinajstić information content (AvgIpc) is 3.01. The third kappa shape index (κ3) is 3.33. The topological polar surface area (TPSA) is 48.5 Å². The van der Waals surface area contributed by atoms with Gasteiger partial charge in [-0.3, -0.25) is 0 Å². The maximum absolute atomic E-state index is 12.3. The van der Waals surface area contributed by atoms with Crippen molar-refractivity contribution in [1.82, 2.24) is 9.88 Å². The van der Waals surface area contributed by atoms with Gasteiger partial charge in [0.2, 0.25) is 0 Å². The van der Waals surface area contributed by atoms with E-state index in [2.05, 4.69) is 15.2 Å². The Bertz CT molecular complexity index is 606. The number of nitrogens with one attached hydrogen (secondary N) is 1. The highest BCUT2D eigenvalue weighted by atomic mass is 32.1. The van der Waals surface area contributed by atoms with Crippen LogP contribution >= 0.6 is 11.3 Å². The van der Waals surface area contributed by atoms with Gasteiger partial charge in [0, 0.05) is 43.4 Å². The lowest BCUT2D eigenvalue weighted by Crippen LogP contribution is -2.50. The molecule has 0 unspecified atom stereocenters. The Balaban J connectivity index is 1.55. The van der Waals surface area contributed by atoms with Crippen molar-refractivity contribution < 1.29 is 4.79 Å². The van der Waals surface area contributed by atoms with Crippen LogP contribution in [0.2, 0.25) is 0 Å². The maximum atomic E-state index is 12.3. The summed E-state index contributed by atoms with van der Waals surface area (Å²) in [6.45, 7) is 5.11. The van der Waals surface area contributed by atoms with Crippen LogP contribution in [0.3, 0.4) is 0 Å². The van der Waals surface area contributed by atoms with Gasteiger partial charge in [-0.25, -0.2) is 9.78 Å². The number of urea groups is 1. The lowest BCUT2D eigenvalue weighted by atomic mass is 10.2. The molecule has 0 saturated carbocycles. The molecular formula is C15H18N4OS. The lowest BCUT2D eigenvalue weighted by molar-refractivity contribution is 0.208. The largest absolute Gasteiger partial charge is 0.345 e. The Morgan fingerprint density at radius 2 is 2.10 bits per heavy atom. The second kappa shape index (κ2) is 6.13. The van der Waals surface area contributed by atoms with E-state index < -0.39 is 0 Å². The molecule has 1 saturated heterocycles. The van der Waals surface area contributed by atoms with Gasteiger partial charge in [-0.05, 0) is 24.6 Å². The van der Waals surface area contributed by atoms with Crippen LogP contribution < -0.4 is 10.2 Å². The standard InChI is InChI=1S/C15H18N4OS/c1-12-3-2-4-13(11-12)17-14(20)18-6-8-19(9-7-18)15-16-5-10-21-15/h2-5,10-11H,6-9H2,1H3,(H,17,20). The monoisotopic (exact) mass is 302 g/mol. The number of nitrogens with zero attached hydrogens (tertiary/aromatic N) is 3. The normalized spacial score (nSPS) is 15.1. The summed E-state index contributed by atoms with van der Waals surface area (Å²) in [7, 11) is 0. The molecule has 21 heavy (non-hydrogen) atoms. The van der Waals surface area contributed by atoms with Crippen LogP contribution in [0.5, 0.6) is 0 Å². The number of hydrogen-bond acceptors (Lipinski definition) is 4. The number of carbonyl (C=O) groups is 1. The van der Waals surface area contributed by atoms with Gasteiger partial charge in [0.25, 0.3) is 0 Å². The Kier molecular flexibility index (Phi) is 4.06. The Morgan fingerprint density at radius 3 is 2.76 bits per heavy atom. The van der Waals surface area contributed by atoms with Gasteiger partial charge >= 0.3 is 6.03 Å². The molecule has 1 aliphatic rings. The van der Waals surface area contributed by atoms with Crippen molar-refractivity contribution in [3.8, 4) is 0 Å². The first-order valence-corrected chi connectivity index (χ1v) is 7.87. The number of carbonyl (C=O) groups excluding carboxylic acids is 1. The molecule has 0 bridgehead atoms. The van der Waals surface area contributed by atoms with E-state index in [0.29, 0.717) is 0 Å². The van der Waals surface area contributed by atoms with Crippen molar-refractivity contribution in [2.24, 2.45) is 0 Å². The van der Waals surface area contributed by atoms with Gasteiger partial charge in [-0.15, -0.1) is 11.3 Å². The molecule has 3 rings (SSSR count). The van der Waals surface area contributed by atoms with E-state index in [1.807, 2.05) is 47.7 Å². The van der Waals surface area contributed by atoms with E-state index >= 15 is 0 Å². The van der Waals surface area contributed by atoms with Crippen LogP contribution in [0.4, 0.5) is 15.6 Å². The number of anilines is 2. The highest BCUT2D eigenvalue weighted by molar-refractivity contribution is 7.13. The molecule has 2 amide bonds. The smallest absolute Gasteiger partial charge is 0.321 e. The molecule has 0 spiro atoms. The van der Waals surface area contributed by atoms with Crippen molar-refractivity contribution in [3.05, 3.63) is 41.4 Å². The Hall–Kier alpha value is -2.08. The van der Waals surface area contributed by atoms with Gasteiger partial charge in [0.1, 0.15) is 0 Å². The highest BCUT2D eigenvalue weighted by Crippen LogP contribution is 2.19. The second-order valence-corrected chi connectivity index (χ2v) is 5.96. The molecule has 5 nitrogen and oxygen atoms in total. The number of hydrogen-bond donors (Lipinski definition) is 1. The molecule has 2 heterocycles. The highest BCUT2D eigenvalue weighted by Gasteiger charge is 2.22. The van der Waals surface area contributed by atoms with E-state index in [0.717, 1.165) is 42.6 Å². The Morgan fingerprint density at radius 1 is 1.29 bits per heavy atom. The third-order valence-electron chi connectivity index (χ3n) is 3.53. The van der Waals surface area contributed by atoms with Gasteiger partial charge in [0.05, 0.1) is 0 Å². The number of benzene rings is 1. The zero-order valence-electron chi connectivity index (χ0n) is 12.0. The second-order valence-electron chi connectivity index (χ2n) is 5.09. The van der Waals surface area contributed by atoms with Gasteiger partial charge in [0.15, 0.2) is 5.13 Å². The minimum atomic E-state index is -0.0283. The van der Waals surface area contributed by atoms with Crippen LogP contribution in [-0.2, 0) is 0 Å². The number of aryl methyl sites for hydroxylation is 1. The first-order valence-electron chi connectivity index (χ1n) is 6.99. The summed E-state index contributed by atoms with van der Waals surface area (Å²) >= 11 is 1.64. The van der Waals surface area contributed by atoms with E-state index in [1.165, 1.54) is 0 Å². The number of piperazine rings is 1. The van der Waals surface area contributed by atoms with Gasteiger partial charge in [-0.2, -0.15) is 0 Å².